The summed E-state index contributed by atoms with van der Waals surface area (Å²) in [6.45, 7) is 4.15. The van der Waals surface area contributed by atoms with Crippen molar-refractivity contribution >= 4 is 11.7 Å². The number of aromatic nitrogens is 1. The Bertz CT molecular complexity index is 439. The predicted molar refractivity (Wildman–Crippen MR) is 71.0 cm³/mol. The first kappa shape index (κ1) is 12.8. The van der Waals surface area contributed by atoms with Crippen LogP contribution in [0.2, 0.25) is 0 Å². The van der Waals surface area contributed by atoms with Gasteiger partial charge >= 0.3 is 0 Å². The van der Waals surface area contributed by atoms with Crippen molar-refractivity contribution in [3.05, 3.63) is 23.4 Å². The smallest absolute Gasteiger partial charge is 0.220 e. The third-order valence-corrected chi connectivity index (χ3v) is 3.46. The molecule has 2 rings (SSSR count). The van der Waals surface area contributed by atoms with Gasteiger partial charge in [-0.25, -0.2) is 4.98 Å². The topological polar surface area (TPSA) is 85.2 Å². The van der Waals surface area contributed by atoms with Gasteiger partial charge in [-0.2, -0.15) is 0 Å². The number of hydrogen-bond acceptors (Lipinski definition) is 4. The van der Waals surface area contributed by atoms with Gasteiger partial charge in [0.25, 0.3) is 0 Å². The van der Waals surface area contributed by atoms with Gasteiger partial charge in [0.05, 0.1) is 0 Å². The quantitative estimate of drug-likeness (QED) is 0.818. The first-order valence-electron chi connectivity index (χ1n) is 6.32. The van der Waals surface area contributed by atoms with E-state index < -0.39 is 0 Å². The fourth-order valence-electron chi connectivity index (χ4n) is 2.39. The molecule has 0 saturated carbocycles. The molecule has 1 aliphatic heterocycles. The Labute approximate surface area is 107 Å². The Morgan fingerprint density at radius 2 is 2.11 bits per heavy atom. The molecule has 0 aromatic carbocycles. The second kappa shape index (κ2) is 5.35. The molecule has 0 unspecified atom stereocenters. The average molecular weight is 248 g/mol. The molecule has 0 spiro atoms. The number of rotatable bonds is 3. The summed E-state index contributed by atoms with van der Waals surface area (Å²) < 4.78 is 0. The van der Waals surface area contributed by atoms with Crippen LogP contribution in [-0.2, 0) is 11.3 Å². The minimum absolute atomic E-state index is 0.0139. The van der Waals surface area contributed by atoms with Gasteiger partial charge in [0.1, 0.15) is 5.82 Å². The van der Waals surface area contributed by atoms with Crippen LogP contribution in [0, 0.1) is 12.8 Å². The summed E-state index contributed by atoms with van der Waals surface area (Å²) in [6.07, 6.45) is 1.62. The monoisotopic (exact) mass is 248 g/mol. The third-order valence-electron chi connectivity index (χ3n) is 3.46. The fourth-order valence-corrected chi connectivity index (χ4v) is 2.39. The van der Waals surface area contributed by atoms with Crippen molar-refractivity contribution in [2.75, 3.05) is 18.0 Å². The standard InChI is InChI=1S/C13H20N4O/c1-9-6-10(8-14)7-12(16-9)17-4-2-11(3-5-17)13(15)18/h6-7,11H,2-5,8,14H2,1H3,(H2,15,18). The van der Waals surface area contributed by atoms with Gasteiger partial charge in [-0.3, -0.25) is 4.79 Å². The van der Waals surface area contributed by atoms with Crippen LogP contribution in [0.4, 0.5) is 5.82 Å². The molecule has 18 heavy (non-hydrogen) atoms. The fraction of sp³-hybridized carbons (Fsp3) is 0.538. The highest BCUT2D eigenvalue weighted by Gasteiger charge is 2.23. The van der Waals surface area contributed by atoms with E-state index in [9.17, 15) is 4.79 Å². The van der Waals surface area contributed by atoms with Gasteiger partial charge < -0.3 is 16.4 Å². The molecule has 0 bridgehead atoms. The van der Waals surface area contributed by atoms with E-state index in [4.69, 9.17) is 11.5 Å². The van der Waals surface area contributed by atoms with Crippen LogP contribution in [0.15, 0.2) is 12.1 Å². The van der Waals surface area contributed by atoms with E-state index in [1.165, 1.54) is 0 Å². The SMILES string of the molecule is Cc1cc(CN)cc(N2CCC(C(N)=O)CC2)n1. The van der Waals surface area contributed by atoms with Crippen LogP contribution >= 0.6 is 0 Å². The molecule has 5 heteroatoms. The lowest BCUT2D eigenvalue weighted by atomic mass is 9.96. The maximum Gasteiger partial charge on any atom is 0.220 e. The molecular weight excluding hydrogens is 228 g/mol. The van der Waals surface area contributed by atoms with Crippen LogP contribution in [0.1, 0.15) is 24.1 Å². The molecule has 1 amide bonds. The third kappa shape index (κ3) is 2.79. The Kier molecular flexibility index (Phi) is 3.81. The number of nitrogens with zero attached hydrogens (tertiary/aromatic N) is 2. The highest BCUT2D eigenvalue weighted by Crippen LogP contribution is 2.22. The molecule has 4 N–H and O–H groups in total. The van der Waals surface area contributed by atoms with Crippen molar-refractivity contribution in [3.63, 3.8) is 0 Å². The molecule has 0 radical (unpaired) electrons. The van der Waals surface area contributed by atoms with Crippen molar-refractivity contribution < 1.29 is 4.79 Å². The van der Waals surface area contributed by atoms with Crippen LogP contribution in [0.5, 0.6) is 0 Å². The predicted octanol–water partition coefficient (Wildman–Crippen LogP) is 0.550. The molecule has 2 heterocycles. The van der Waals surface area contributed by atoms with Crippen LogP contribution in [0.3, 0.4) is 0 Å². The summed E-state index contributed by atoms with van der Waals surface area (Å²) in [5.74, 6) is 0.785. The Balaban J connectivity index is 2.09. The highest BCUT2D eigenvalue weighted by molar-refractivity contribution is 5.77. The Morgan fingerprint density at radius 1 is 1.44 bits per heavy atom. The summed E-state index contributed by atoms with van der Waals surface area (Å²) in [6, 6.07) is 4.03. The number of pyridine rings is 1. The normalized spacial score (nSPS) is 16.9. The van der Waals surface area contributed by atoms with Crippen molar-refractivity contribution in [2.45, 2.75) is 26.3 Å². The molecule has 1 aromatic heterocycles. The first-order chi connectivity index (χ1) is 8.60. The zero-order valence-corrected chi connectivity index (χ0v) is 10.7. The zero-order valence-electron chi connectivity index (χ0n) is 10.7. The molecule has 0 aliphatic carbocycles. The molecule has 1 aliphatic rings. The number of anilines is 1. The molecule has 1 aromatic rings. The van der Waals surface area contributed by atoms with Gasteiger partial charge in [0.2, 0.25) is 5.91 Å². The number of amides is 1. The largest absolute Gasteiger partial charge is 0.369 e. The van der Waals surface area contributed by atoms with Gasteiger partial charge in [-0.15, -0.1) is 0 Å². The Morgan fingerprint density at radius 3 is 2.67 bits per heavy atom. The first-order valence-corrected chi connectivity index (χ1v) is 6.32. The van der Waals surface area contributed by atoms with Crippen molar-refractivity contribution in [2.24, 2.45) is 17.4 Å². The summed E-state index contributed by atoms with van der Waals surface area (Å²) in [5, 5.41) is 0. The molecule has 0 atom stereocenters. The van der Waals surface area contributed by atoms with E-state index in [-0.39, 0.29) is 11.8 Å². The second-order valence-corrected chi connectivity index (χ2v) is 4.84. The molecule has 5 nitrogen and oxygen atoms in total. The van der Waals surface area contributed by atoms with E-state index in [1.54, 1.807) is 0 Å². The number of piperidine rings is 1. The second-order valence-electron chi connectivity index (χ2n) is 4.84. The van der Waals surface area contributed by atoms with E-state index in [2.05, 4.69) is 9.88 Å². The average Bonchev–Trinajstić information content (AvgIpc) is 2.38. The van der Waals surface area contributed by atoms with Gasteiger partial charge in [0.15, 0.2) is 0 Å². The van der Waals surface area contributed by atoms with Crippen LogP contribution < -0.4 is 16.4 Å². The van der Waals surface area contributed by atoms with E-state index in [1.807, 2.05) is 19.1 Å². The summed E-state index contributed by atoms with van der Waals surface area (Å²) in [4.78, 5) is 17.9. The minimum atomic E-state index is -0.186. The lowest BCUT2D eigenvalue weighted by Gasteiger charge is -2.31. The summed E-state index contributed by atoms with van der Waals surface area (Å²) >= 11 is 0. The lowest BCUT2D eigenvalue weighted by Crippen LogP contribution is -2.39. The summed E-state index contributed by atoms with van der Waals surface area (Å²) in [5.41, 5.74) is 13.1. The number of nitrogens with two attached hydrogens (primary N) is 2. The lowest BCUT2D eigenvalue weighted by molar-refractivity contribution is -0.122. The minimum Gasteiger partial charge on any atom is -0.369 e. The molecule has 98 valence electrons. The number of primary amides is 1. The highest BCUT2D eigenvalue weighted by atomic mass is 16.1. The summed E-state index contributed by atoms with van der Waals surface area (Å²) in [7, 11) is 0. The van der Waals surface area contributed by atoms with Gasteiger partial charge in [-0.05, 0) is 37.5 Å². The van der Waals surface area contributed by atoms with E-state index >= 15 is 0 Å². The van der Waals surface area contributed by atoms with E-state index in [0.29, 0.717) is 6.54 Å². The Hall–Kier alpha value is -1.62. The number of hydrogen-bond donors (Lipinski definition) is 2. The van der Waals surface area contributed by atoms with Gasteiger partial charge in [-0.1, -0.05) is 0 Å². The van der Waals surface area contributed by atoms with Crippen LogP contribution in [0.25, 0.3) is 0 Å². The maximum absolute atomic E-state index is 11.1. The maximum atomic E-state index is 11.1. The molecule has 1 fully saturated rings. The van der Waals surface area contributed by atoms with Crippen molar-refractivity contribution in [1.29, 1.82) is 0 Å². The molecular formula is C13H20N4O. The van der Waals surface area contributed by atoms with Crippen LogP contribution in [-0.4, -0.2) is 24.0 Å². The van der Waals surface area contributed by atoms with Crippen molar-refractivity contribution in [3.8, 4) is 0 Å². The number of aryl methyl sites for hydroxylation is 1. The zero-order chi connectivity index (χ0) is 13.1. The number of carbonyl (C=O) groups is 1. The molecule has 1 saturated heterocycles. The number of carbonyl (C=O) groups excluding carboxylic acids is 1. The van der Waals surface area contributed by atoms with Crippen molar-refractivity contribution in [1.82, 2.24) is 4.98 Å². The van der Waals surface area contributed by atoms with E-state index in [0.717, 1.165) is 43.0 Å². The van der Waals surface area contributed by atoms with Gasteiger partial charge in [0, 0.05) is 31.2 Å².